The smallest absolute Gasteiger partial charge is 0.134 e. The van der Waals surface area contributed by atoms with Gasteiger partial charge in [0.1, 0.15) is 5.67 Å². The van der Waals surface area contributed by atoms with Crippen molar-refractivity contribution in [1.29, 1.82) is 0 Å². The Bertz CT molecular complexity index is 86.9. The first-order valence-corrected chi connectivity index (χ1v) is 3.53. The van der Waals surface area contributed by atoms with E-state index in [1.165, 1.54) is 0 Å². The summed E-state index contributed by atoms with van der Waals surface area (Å²) < 4.78 is 18.2. The van der Waals surface area contributed by atoms with Crippen LogP contribution in [0, 0.1) is 0 Å². The molecule has 1 saturated heterocycles. The second kappa shape index (κ2) is 2.65. The lowest BCUT2D eigenvalue weighted by atomic mass is 9.96. The van der Waals surface area contributed by atoms with Crippen molar-refractivity contribution in [2.45, 2.75) is 31.9 Å². The highest BCUT2D eigenvalue weighted by atomic mass is 19.1. The molecule has 0 aromatic heterocycles. The molecule has 0 aromatic carbocycles. The van der Waals surface area contributed by atoms with Crippen molar-refractivity contribution in [2.75, 3.05) is 13.2 Å². The number of rotatable bonds is 1. The zero-order valence-electron chi connectivity index (χ0n) is 5.82. The van der Waals surface area contributed by atoms with E-state index in [2.05, 4.69) is 0 Å². The van der Waals surface area contributed by atoms with Gasteiger partial charge in [-0.3, -0.25) is 0 Å². The van der Waals surface area contributed by atoms with E-state index in [1.54, 1.807) is 0 Å². The van der Waals surface area contributed by atoms with Crippen LogP contribution in [0.5, 0.6) is 0 Å². The molecule has 0 bridgehead atoms. The van der Waals surface area contributed by atoms with Gasteiger partial charge in [0.25, 0.3) is 0 Å². The van der Waals surface area contributed by atoms with Crippen LogP contribution in [-0.2, 0) is 4.74 Å². The molecule has 2 heteroatoms. The van der Waals surface area contributed by atoms with Crippen molar-refractivity contribution in [3.63, 3.8) is 0 Å². The molecule has 0 amide bonds. The van der Waals surface area contributed by atoms with Gasteiger partial charge in [-0.25, -0.2) is 4.39 Å². The van der Waals surface area contributed by atoms with E-state index in [0.29, 0.717) is 19.4 Å². The normalized spacial score (nSPS) is 36.7. The van der Waals surface area contributed by atoms with Crippen molar-refractivity contribution in [3.05, 3.63) is 0 Å². The van der Waals surface area contributed by atoms with E-state index in [0.717, 1.165) is 13.0 Å². The minimum atomic E-state index is -1.00. The molecule has 1 rings (SSSR count). The maximum absolute atomic E-state index is 13.2. The Hall–Kier alpha value is -0.110. The lowest BCUT2D eigenvalue weighted by Crippen LogP contribution is -2.33. The summed E-state index contributed by atoms with van der Waals surface area (Å²) in [5.41, 5.74) is -1.00. The lowest BCUT2D eigenvalue weighted by Gasteiger charge is -2.27. The Morgan fingerprint density at radius 3 is 2.78 bits per heavy atom. The van der Waals surface area contributed by atoms with Crippen LogP contribution in [0.1, 0.15) is 26.2 Å². The fraction of sp³-hybridized carbons (Fsp3) is 1.00. The fourth-order valence-corrected chi connectivity index (χ4v) is 1.10. The molecule has 1 aliphatic rings. The van der Waals surface area contributed by atoms with Gasteiger partial charge in [0, 0.05) is 6.61 Å². The minimum absolute atomic E-state index is 0.309. The first-order valence-electron chi connectivity index (χ1n) is 3.53. The van der Waals surface area contributed by atoms with E-state index in [1.807, 2.05) is 6.92 Å². The third-order valence-electron chi connectivity index (χ3n) is 1.91. The highest BCUT2D eigenvalue weighted by molar-refractivity contribution is 4.79. The molecule has 1 atom stereocenters. The van der Waals surface area contributed by atoms with Crippen molar-refractivity contribution < 1.29 is 9.13 Å². The lowest BCUT2D eigenvalue weighted by molar-refractivity contribution is -0.0331. The second-order valence-corrected chi connectivity index (χ2v) is 2.66. The van der Waals surface area contributed by atoms with Crippen molar-refractivity contribution in [2.24, 2.45) is 0 Å². The molecule has 0 saturated carbocycles. The zero-order valence-corrected chi connectivity index (χ0v) is 5.82. The van der Waals surface area contributed by atoms with Crippen molar-refractivity contribution in [1.82, 2.24) is 0 Å². The Morgan fingerprint density at radius 2 is 2.44 bits per heavy atom. The zero-order chi connectivity index (χ0) is 6.74. The summed E-state index contributed by atoms with van der Waals surface area (Å²) in [6.07, 6.45) is 2.15. The van der Waals surface area contributed by atoms with E-state index in [-0.39, 0.29) is 0 Å². The van der Waals surface area contributed by atoms with E-state index in [9.17, 15) is 4.39 Å². The van der Waals surface area contributed by atoms with Crippen LogP contribution >= 0.6 is 0 Å². The van der Waals surface area contributed by atoms with Crippen molar-refractivity contribution >= 4 is 0 Å². The van der Waals surface area contributed by atoms with Gasteiger partial charge in [-0.05, 0) is 19.3 Å². The number of hydrogen-bond acceptors (Lipinski definition) is 1. The molecule has 1 nitrogen and oxygen atoms in total. The summed E-state index contributed by atoms with van der Waals surface area (Å²) in [6, 6.07) is 0. The number of hydrogen-bond donors (Lipinski definition) is 0. The first-order chi connectivity index (χ1) is 4.27. The Balaban J connectivity index is 2.37. The van der Waals surface area contributed by atoms with Crippen LogP contribution < -0.4 is 0 Å². The molecule has 54 valence electrons. The second-order valence-electron chi connectivity index (χ2n) is 2.66. The third kappa shape index (κ3) is 1.65. The van der Waals surface area contributed by atoms with Gasteiger partial charge in [0.15, 0.2) is 0 Å². The molecule has 1 unspecified atom stereocenters. The van der Waals surface area contributed by atoms with E-state index < -0.39 is 5.67 Å². The molecule has 0 aromatic rings. The van der Waals surface area contributed by atoms with E-state index >= 15 is 0 Å². The fourth-order valence-electron chi connectivity index (χ4n) is 1.10. The summed E-state index contributed by atoms with van der Waals surface area (Å²) in [6.45, 7) is 2.92. The Morgan fingerprint density at radius 1 is 1.67 bits per heavy atom. The molecule has 9 heavy (non-hydrogen) atoms. The number of ether oxygens (including phenoxy) is 1. The average Bonchev–Trinajstić information content (AvgIpc) is 1.90. The van der Waals surface area contributed by atoms with Crippen LogP contribution in [0.15, 0.2) is 0 Å². The summed E-state index contributed by atoms with van der Waals surface area (Å²) in [5, 5.41) is 0. The Kier molecular flexibility index (Phi) is 2.06. The van der Waals surface area contributed by atoms with Gasteiger partial charge in [0.2, 0.25) is 0 Å². The van der Waals surface area contributed by atoms with Gasteiger partial charge >= 0.3 is 0 Å². The van der Waals surface area contributed by atoms with Gasteiger partial charge < -0.3 is 4.74 Å². The summed E-state index contributed by atoms with van der Waals surface area (Å²) in [7, 11) is 0. The third-order valence-corrected chi connectivity index (χ3v) is 1.91. The van der Waals surface area contributed by atoms with Gasteiger partial charge in [0.05, 0.1) is 6.61 Å². The van der Waals surface area contributed by atoms with Gasteiger partial charge in [-0.15, -0.1) is 0 Å². The van der Waals surface area contributed by atoms with Crippen LogP contribution in [0.4, 0.5) is 4.39 Å². The van der Waals surface area contributed by atoms with Crippen LogP contribution in [-0.4, -0.2) is 18.9 Å². The van der Waals surface area contributed by atoms with Crippen LogP contribution in [0.25, 0.3) is 0 Å². The Labute approximate surface area is 55.2 Å². The molecule has 1 heterocycles. The van der Waals surface area contributed by atoms with Crippen LogP contribution in [0.2, 0.25) is 0 Å². The molecule has 0 radical (unpaired) electrons. The summed E-state index contributed by atoms with van der Waals surface area (Å²) in [4.78, 5) is 0. The highest BCUT2D eigenvalue weighted by Gasteiger charge is 2.29. The average molecular weight is 132 g/mol. The molecule has 0 N–H and O–H groups in total. The first kappa shape index (κ1) is 7.00. The van der Waals surface area contributed by atoms with E-state index in [4.69, 9.17) is 4.74 Å². The molecular formula is C7H13FO. The van der Waals surface area contributed by atoms with Crippen molar-refractivity contribution in [3.8, 4) is 0 Å². The summed E-state index contributed by atoms with van der Waals surface area (Å²) in [5.74, 6) is 0. The quantitative estimate of drug-likeness (QED) is 0.529. The minimum Gasteiger partial charge on any atom is -0.378 e. The van der Waals surface area contributed by atoms with Crippen LogP contribution in [0.3, 0.4) is 0 Å². The molecule has 1 aliphatic heterocycles. The number of halogens is 1. The predicted molar refractivity (Wildman–Crippen MR) is 34.2 cm³/mol. The summed E-state index contributed by atoms with van der Waals surface area (Å²) >= 11 is 0. The monoisotopic (exact) mass is 132 g/mol. The maximum atomic E-state index is 13.2. The highest BCUT2D eigenvalue weighted by Crippen LogP contribution is 2.26. The molecule has 0 spiro atoms. The van der Waals surface area contributed by atoms with Gasteiger partial charge in [-0.1, -0.05) is 6.92 Å². The standard InChI is InChI=1S/C7H13FO/c1-2-7(8)4-3-5-9-6-7/h2-6H2,1H3. The van der Waals surface area contributed by atoms with Gasteiger partial charge in [-0.2, -0.15) is 0 Å². The molecular weight excluding hydrogens is 119 g/mol. The predicted octanol–water partition coefficient (Wildman–Crippen LogP) is 1.92. The maximum Gasteiger partial charge on any atom is 0.134 e. The SMILES string of the molecule is CCC1(F)CCCOC1. The molecule has 1 fully saturated rings. The number of alkyl halides is 1. The molecule has 0 aliphatic carbocycles. The largest absolute Gasteiger partial charge is 0.378 e. The topological polar surface area (TPSA) is 9.23 Å².